The van der Waals surface area contributed by atoms with Gasteiger partial charge in [0.15, 0.2) is 5.96 Å². The third-order valence-corrected chi connectivity index (χ3v) is 3.60. The molecule has 0 unspecified atom stereocenters. The second-order valence-electron chi connectivity index (χ2n) is 6.26. The fourth-order valence-corrected chi connectivity index (χ4v) is 2.38. The normalized spacial score (nSPS) is 11.1. The van der Waals surface area contributed by atoms with Crippen LogP contribution in [-0.4, -0.2) is 23.6 Å². The number of guanidine groups is 1. The number of aryl methyl sites for hydroxylation is 1. The van der Waals surface area contributed by atoms with Gasteiger partial charge in [0.25, 0.3) is 0 Å². The van der Waals surface area contributed by atoms with E-state index >= 15 is 0 Å². The summed E-state index contributed by atoms with van der Waals surface area (Å²) in [4.78, 5) is 8.64. The van der Waals surface area contributed by atoms with Gasteiger partial charge in [-0.15, -0.1) is 24.0 Å². The van der Waals surface area contributed by atoms with Crippen LogP contribution >= 0.6 is 24.0 Å². The minimum Gasteiger partial charge on any atom is -0.491 e. The molecule has 1 aromatic heterocycles. The first-order valence-corrected chi connectivity index (χ1v) is 8.87. The highest BCUT2D eigenvalue weighted by atomic mass is 127. The van der Waals surface area contributed by atoms with Gasteiger partial charge in [-0.3, -0.25) is 4.98 Å². The van der Waals surface area contributed by atoms with Crippen molar-refractivity contribution in [1.82, 2.24) is 15.6 Å². The van der Waals surface area contributed by atoms with Crippen molar-refractivity contribution in [2.24, 2.45) is 4.99 Å². The summed E-state index contributed by atoms with van der Waals surface area (Å²) in [5, 5.41) is 6.28. The van der Waals surface area contributed by atoms with Crippen molar-refractivity contribution in [2.45, 2.75) is 46.9 Å². The molecule has 2 aromatic rings. The first-order chi connectivity index (χ1) is 12.5. The maximum absolute atomic E-state index is 13.7. The number of hydrogen-bond donors (Lipinski definition) is 2. The van der Waals surface area contributed by atoms with Crippen LogP contribution < -0.4 is 15.4 Å². The molecule has 0 amide bonds. The van der Waals surface area contributed by atoms with Crippen LogP contribution in [0.5, 0.6) is 5.75 Å². The molecule has 0 aliphatic heterocycles. The highest BCUT2D eigenvalue weighted by Gasteiger charge is 2.08. The van der Waals surface area contributed by atoms with Crippen LogP contribution in [0.2, 0.25) is 0 Å². The van der Waals surface area contributed by atoms with Gasteiger partial charge < -0.3 is 15.4 Å². The number of aliphatic imine (C=N–C) groups is 1. The number of nitrogens with zero attached hydrogens (tertiary/aromatic N) is 2. The average Bonchev–Trinajstić information content (AvgIpc) is 2.59. The molecule has 1 aromatic carbocycles. The van der Waals surface area contributed by atoms with Crippen molar-refractivity contribution in [3.8, 4) is 5.75 Å². The molecule has 0 saturated carbocycles. The number of hydrogen-bond acceptors (Lipinski definition) is 3. The van der Waals surface area contributed by atoms with E-state index in [1.807, 2.05) is 45.9 Å². The predicted molar refractivity (Wildman–Crippen MR) is 118 cm³/mol. The maximum atomic E-state index is 13.7. The highest BCUT2D eigenvalue weighted by molar-refractivity contribution is 14.0. The van der Waals surface area contributed by atoms with Crippen LogP contribution in [0.4, 0.5) is 4.39 Å². The first kappa shape index (κ1) is 23.1. The standard InChI is InChI=1S/C20H27FN4O.HI/c1-5-22-20(25-13-18-17(21)7-6-10-23-18)24-12-16-9-8-15(4)11-19(16)26-14(2)3;/h6-11,14H,5,12-13H2,1-4H3,(H2,22,24,25);1H. The smallest absolute Gasteiger partial charge is 0.191 e. The molecule has 0 radical (unpaired) electrons. The number of pyridine rings is 1. The molecule has 0 aliphatic carbocycles. The summed E-state index contributed by atoms with van der Waals surface area (Å²) in [7, 11) is 0. The summed E-state index contributed by atoms with van der Waals surface area (Å²) in [6, 6.07) is 9.07. The van der Waals surface area contributed by atoms with Crippen molar-refractivity contribution in [3.05, 3.63) is 59.2 Å². The summed E-state index contributed by atoms with van der Waals surface area (Å²) >= 11 is 0. The third kappa shape index (κ3) is 7.70. The largest absolute Gasteiger partial charge is 0.491 e. The number of nitrogens with one attached hydrogen (secondary N) is 2. The zero-order valence-electron chi connectivity index (χ0n) is 16.3. The Hall–Kier alpha value is -1.90. The molecule has 2 N–H and O–H groups in total. The number of benzene rings is 1. The first-order valence-electron chi connectivity index (χ1n) is 8.87. The van der Waals surface area contributed by atoms with E-state index in [4.69, 9.17) is 4.74 Å². The van der Waals surface area contributed by atoms with Crippen LogP contribution in [0.15, 0.2) is 41.5 Å². The van der Waals surface area contributed by atoms with Gasteiger partial charge in [0, 0.05) is 18.3 Å². The van der Waals surface area contributed by atoms with Crippen molar-refractivity contribution in [2.75, 3.05) is 6.54 Å². The van der Waals surface area contributed by atoms with E-state index in [2.05, 4.69) is 20.6 Å². The van der Waals surface area contributed by atoms with Crippen LogP contribution in [0.25, 0.3) is 0 Å². The van der Waals surface area contributed by atoms with Crippen LogP contribution in [0.1, 0.15) is 37.6 Å². The Morgan fingerprint density at radius 1 is 1.26 bits per heavy atom. The Morgan fingerprint density at radius 3 is 2.70 bits per heavy atom. The topological polar surface area (TPSA) is 58.5 Å². The van der Waals surface area contributed by atoms with E-state index in [1.165, 1.54) is 6.07 Å². The molecule has 1 heterocycles. The monoisotopic (exact) mass is 486 g/mol. The molecule has 27 heavy (non-hydrogen) atoms. The molecule has 0 saturated heterocycles. The minimum atomic E-state index is -0.331. The van der Waals surface area contributed by atoms with Gasteiger partial charge in [-0.1, -0.05) is 12.1 Å². The second-order valence-corrected chi connectivity index (χ2v) is 6.26. The Bertz CT molecular complexity index is 753. The summed E-state index contributed by atoms with van der Waals surface area (Å²) in [5.74, 6) is 1.12. The zero-order valence-corrected chi connectivity index (χ0v) is 18.6. The quantitative estimate of drug-likeness (QED) is 0.350. The SMILES string of the molecule is CCNC(=NCc1ccc(C)cc1OC(C)C)NCc1ncccc1F.I. The minimum absolute atomic E-state index is 0. The second kappa shape index (κ2) is 11.7. The molecule has 5 nitrogen and oxygen atoms in total. The van der Waals surface area contributed by atoms with E-state index in [1.54, 1.807) is 12.3 Å². The van der Waals surface area contributed by atoms with E-state index in [0.717, 1.165) is 16.9 Å². The Balaban J connectivity index is 0.00000364. The van der Waals surface area contributed by atoms with E-state index in [9.17, 15) is 4.39 Å². The molecule has 0 fully saturated rings. The number of rotatable bonds is 7. The predicted octanol–water partition coefficient (Wildman–Crippen LogP) is 4.19. The maximum Gasteiger partial charge on any atom is 0.191 e. The Kier molecular flexibility index (Phi) is 10.1. The average molecular weight is 486 g/mol. The van der Waals surface area contributed by atoms with Crippen LogP contribution in [0, 0.1) is 12.7 Å². The molecule has 2 rings (SSSR count). The molecule has 0 spiro atoms. The van der Waals surface area contributed by atoms with Gasteiger partial charge in [0.1, 0.15) is 11.6 Å². The Labute approximate surface area is 177 Å². The van der Waals surface area contributed by atoms with Crippen LogP contribution in [0.3, 0.4) is 0 Å². The molecule has 148 valence electrons. The van der Waals surface area contributed by atoms with Crippen LogP contribution in [-0.2, 0) is 13.1 Å². The lowest BCUT2D eigenvalue weighted by Gasteiger charge is -2.15. The van der Waals surface area contributed by atoms with Gasteiger partial charge in [0.2, 0.25) is 0 Å². The zero-order chi connectivity index (χ0) is 18.9. The van der Waals surface area contributed by atoms with Crippen molar-refractivity contribution >= 4 is 29.9 Å². The summed E-state index contributed by atoms with van der Waals surface area (Å²) in [6.07, 6.45) is 1.67. The lowest BCUT2D eigenvalue weighted by molar-refractivity contribution is 0.240. The van der Waals surface area contributed by atoms with Crippen molar-refractivity contribution in [1.29, 1.82) is 0 Å². The molecule has 0 atom stereocenters. The van der Waals surface area contributed by atoms with Gasteiger partial charge in [-0.05, 0) is 51.5 Å². The molecule has 7 heteroatoms. The van der Waals surface area contributed by atoms with Gasteiger partial charge in [-0.25, -0.2) is 9.38 Å². The third-order valence-electron chi connectivity index (χ3n) is 3.60. The van der Waals surface area contributed by atoms with E-state index < -0.39 is 0 Å². The van der Waals surface area contributed by atoms with E-state index in [0.29, 0.717) is 24.7 Å². The fourth-order valence-electron chi connectivity index (χ4n) is 2.38. The van der Waals surface area contributed by atoms with E-state index in [-0.39, 0.29) is 42.4 Å². The highest BCUT2D eigenvalue weighted by Crippen LogP contribution is 2.22. The number of ether oxygens (including phenoxy) is 1. The lowest BCUT2D eigenvalue weighted by Crippen LogP contribution is -2.37. The molecule has 0 bridgehead atoms. The van der Waals surface area contributed by atoms with Crippen molar-refractivity contribution in [3.63, 3.8) is 0 Å². The number of halogens is 2. The molecular weight excluding hydrogens is 458 g/mol. The Morgan fingerprint density at radius 2 is 2.04 bits per heavy atom. The van der Waals surface area contributed by atoms with Gasteiger partial charge in [-0.2, -0.15) is 0 Å². The van der Waals surface area contributed by atoms with Gasteiger partial charge in [0.05, 0.1) is 24.9 Å². The van der Waals surface area contributed by atoms with Crippen molar-refractivity contribution < 1.29 is 9.13 Å². The molecular formula is C20H28FIN4O. The lowest BCUT2D eigenvalue weighted by atomic mass is 10.1. The summed E-state index contributed by atoms with van der Waals surface area (Å²) in [6.45, 7) is 9.46. The number of aromatic nitrogens is 1. The summed E-state index contributed by atoms with van der Waals surface area (Å²) in [5.41, 5.74) is 2.51. The summed E-state index contributed by atoms with van der Waals surface area (Å²) < 4.78 is 19.6. The fraction of sp³-hybridized carbons (Fsp3) is 0.400. The molecule has 0 aliphatic rings. The van der Waals surface area contributed by atoms with Gasteiger partial charge >= 0.3 is 0 Å².